The van der Waals surface area contributed by atoms with Crippen molar-refractivity contribution in [2.75, 3.05) is 31.1 Å². The molecule has 0 bridgehead atoms. The first-order valence-corrected chi connectivity index (χ1v) is 9.29. The molecule has 1 fully saturated rings. The molecule has 25 heavy (non-hydrogen) atoms. The Morgan fingerprint density at radius 3 is 2.68 bits per heavy atom. The van der Waals surface area contributed by atoms with Gasteiger partial charge in [-0.3, -0.25) is 4.79 Å². The number of thiazole rings is 1. The normalized spacial score (nSPS) is 14.6. The predicted molar refractivity (Wildman–Crippen MR) is 97.7 cm³/mol. The van der Waals surface area contributed by atoms with Crippen molar-refractivity contribution >= 4 is 22.9 Å². The zero-order valence-corrected chi connectivity index (χ0v) is 15.3. The highest BCUT2D eigenvalue weighted by Gasteiger charge is 2.24. The maximum absolute atomic E-state index is 12.6. The van der Waals surface area contributed by atoms with Gasteiger partial charge in [0.15, 0.2) is 0 Å². The Bertz CT molecular complexity index is 770. The Labute approximate surface area is 151 Å². The summed E-state index contributed by atoms with van der Waals surface area (Å²) in [5.41, 5.74) is 1.96. The van der Waals surface area contributed by atoms with Crippen LogP contribution in [0.4, 0.5) is 5.69 Å². The third-order valence-electron chi connectivity index (χ3n) is 4.15. The fourth-order valence-corrected chi connectivity index (χ4v) is 3.80. The molecule has 2 aromatic rings. The van der Waals surface area contributed by atoms with E-state index >= 15 is 0 Å². The summed E-state index contributed by atoms with van der Waals surface area (Å²) < 4.78 is 0. The first-order chi connectivity index (χ1) is 12.1. The molecule has 130 valence electrons. The molecule has 3 heterocycles. The van der Waals surface area contributed by atoms with E-state index in [9.17, 15) is 4.79 Å². The molecular formula is C18H21N5OS. The second-order valence-corrected chi connectivity index (χ2v) is 7.46. The number of amides is 1. The first kappa shape index (κ1) is 17.4. The van der Waals surface area contributed by atoms with E-state index in [0.717, 1.165) is 30.2 Å². The molecule has 0 unspecified atom stereocenters. The highest BCUT2D eigenvalue weighted by Crippen LogP contribution is 2.19. The van der Waals surface area contributed by atoms with Gasteiger partial charge in [-0.15, -0.1) is 11.3 Å². The zero-order valence-electron chi connectivity index (χ0n) is 14.5. The van der Waals surface area contributed by atoms with E-state index in [4.69, 9.17) is 5.26 Å². The standard InChI is InChI=1S/C18H21N5OS/c1-13(2)9-17-21-16(12-25-17)18(24)23-7-5-22(6-8-23)15-4-3-14(10-19)20-11-15/h3-4,11-13H,5-9H2,1-2H3. The van der Waals surface area contributed by atoms with Crippen molar-refractivity contribution in [2.24, 2.45) is 5.92 Å². The summed E-state index contributed by atoms with van der Waals surface area (Å²) in [6, 6.07) is 5.65. The number of aromatic nitrogens is 2. The lowest BCUT2D eigenvalue weighted by Gasteiger charge is -2.35. The number of pyridine rings is 1. The first-order valence-electron chi connectivity index (χ1n) is 8.41. The van der Waals surface area contributed by atoms with Crippen molar-refractivity contribution in [3.05, 3.63) is 40.1 Å². The quantitative estimate of drug-likeness (QED) is 0.843. The van der Waals surface area contributed by atoms with Gasteiger partial charge in [-0.2, -0.15) is 5.26 Å². The van der Waals surface area contributed by atoms with Gasteiger partial charge in [0.05, 0.1) is 16.9 Å². The van der Waals surface area contributed by atoms with Crippen LogP contribution in [-0.4, -0.2) is 47.0 Å². The molecule has 3 rings (SSSR count). The van der Waals surface area contributed by atoms with E-state index < -0.39 is 0 Å². The summed E-state index contributed by atoms with van der Waals surface area (Å²) >= 11 is 1.57. The van der Waals surface area contributed by atoms with Crippen LogP contribution in [0, 0.1) is 17.2 Å². The van der Waals surface area contributed by atoms with Gasteiger partial charge < -0.3 is 9.80 Å². The fraction of sp³-hybridized carbons (Fsp3) is 0.444. The topological polar surface area (TPSA) is 73.1 Å². The smallest absolute Gasteiger partial charge is 0.273 e. The summed E-state index contributed by atoms with van der Waals surface area (Å²) in [7, 11) is 0. The van der Waals surface area contributed by atoms with Crippen molar-refractivity contribution in [3.8, 4) is 6.07 Å². The Hall–Kier alpha value is -2.46. The van der Waals surface area contributed by atoms with Gasteiger partial charge in [0.25, 0.3) is 5.91 Å². The average Bonchev–Trinajstić information content (AvgIpc) is 3.09. The van der Waals surface area contributed by atoms with E-state index in [-0.39, 0.29) is 5.91 Å². The van der Waals surface area contributed by atoms with Crippen LogP contribution in [0.15, 0.2) is 23.7 Å². The molecule has 1 saturated heterocycles. The third kappa shape index (κ3) is 4.15. The van der Waals surface area contributed by atoms with E-state index in [2.05, 4.69) is 28.7 Å². The molecule has 0 spiro atoms. The van der Waals surface area contributed by atoms with Crippen molar-refractivity contribution in [1.82, 2.24) is 14.9 Å². The lowest BCUT2D eigenvalue weighted by atomic mass is 10.1. The minimum Gasteiger partial charge on any atom is -0.367 e. The molecular weight excluding hydrogens is 334 g/mol. The number of carbonyl (C=O) groups excluding carboxylic acids is 1. The minimum atomic E-state index is 0.0175. The summed E-state index contributed by atoms with van der Waals surface area (Å²) in [6.07, 6.45) is 2.63. The van der Waals surface area contributed by atoms with Crippen molar-refractivity contribution in [1.29, 1.82) is 5.26 Å². The maximum atomic E-state index is 12.6. The number of nitrogens with zero attached hydrogens (tertiary/aromatic N) is 5. The predicted octanol–water partition coefficient (Wildman–Crippen LogP) is 2.57. The molecule has 0 aliphatic carbocycles. The van der Waals surface area contributed by atoms with Crippen LogP contribution in [-0.2, 0) is 6.42 Å². The molecule has 1 amide bonds. The summed E-state index contributed by atoms with van der Waals surface area (Å²) in [5, 5.41) is 11.7. The largest absolute Gasteiger partial charge is 0.367 e. The Morgan fingerprint density at radius 2 is 2.08 bits per heavy atom. The number of carbonyl (C=O) groups is 1. The van der Waals surface area contributed by atoms with E-state index in [1.54, 1.807) is 23.6 Å². The molecule has 2 aromatic heterocycles. The number of piperazine rings is 1. The van der Waals surface area contributed by atoms with Gasteiger partial charge in [-0.25, -0.2) is 9.97 Å². The summed E-state index contributed by atoms with van der Waals surface area (Å²) in [6.45, 7) is 7.14. The lowest BCUT2D eigenvalue weighted by molar-refractivity contribution is 0.0741. The average molecular weight is 355 g/mol. The Morgan fingerprint density at radius 1 is 1.32 bits per heavy atom. The minimum absolute atomic E-state index is 0.0175. The van der Waals surface area contributed by atoms with E-state index in [1.807, 2.05) is 22.4 Å². The van der Waals surface area contributed by atoms with Crippen LogP contribution in [0.2, 0.25) is 0 Å². The number of nitriles is 1. The van der Waals surface area contributed by atoms with Crippen LogP contribution in [0.3, 0.4) is 0 Å². The number of anilines is 1. The van der Waals surface area contributed by atoms with Gasteiger partial charge in [-0.05, 0) is 18.1 Å². The number of hydrogen-bond acceptors (Lipinski definition) is 6. The van der Waals surface area contributed by atoms with Crippen molar-refractivity contribution in [3.63, 3.8) is 0 Å². The van der Waals surface area contributed by atoms with Crippen LogP contribution >= 0.6 is 11.3 Å². The van der Waals surface area contributed by atoms with Crippen LogP contribution in [0.25, 0.3) is 0 Å². The second kappa shape index (κ2) is 7.62. The van der Waals surface area contributed by atoms with Gasteiger partial charge in [0.2, 0.25) is 0 Å². The molecule has 6 nitrogen and oxygen atoms in total. The fourth-order valence-electron chi connectivity index (χ4n) is 2.82. The summed E-state index contributed by atoms with van der Waals surface area (Å²) in [4.78, 5) is 25.3. The SMILES string of the molecule is CC(C)Cc1nc(C(=O)N2CCN(c3ccc(C#N)nc3)CC2)cs1. The lowest BCUT2D eigenvalue weighted by Crippen LogP contribution is -2.48. The molecule has 1 aliphatic heterocycles. The van der Waals surface area contributed by atoms with E-state index in [0.29, 0.717) is 30.4 Å². The molecule has 1 aliphatic rings. The molecule has 0 N–H and O–H groups in total. The summed E-state index contributed by atoms with van der Waals surface area (Å²) in [5.74, 6) is 0.558. The van der Waals surface area contributed by atoms with Gasteiger partial charge in [0.1, 0.15) is 17.5 Å². The van der Waals surface area contributed by atoms with Crippen molar-refractivity contribution in [2.45, 2.75) is 20.3 Å². The second-order valence-electron chi connectivity index (χ2n) is 6.52. The molecule has 7 heteroatoms. The van der Waals surface area contributed by atoms with Crippen LogP contribution < -0.4 is 4.90 Å². The monoisotopic (exact) mass is 355 g/mol. The molecule has 0 aromatic carbocycles. The van der Waals surface area contributed by atoms with Crippen LogP contribution in [0.1, 0.15) is 35.0 Å². The molecule has 0 saturated carbocycles. The molecule has 0 atom stereocenters. The van der Waals surface area contributed by atoms with Gasteiger partial charge in [0, 0.05) is 38.0 Å². The Balaban J connectivity index is 1.58. The van der Waals surface area contributed by atoms with Crippen LogP contribution in [0.5, 0.6) is 0 Å². The maximum Gasteiger partial charge on any atom is 0.273 e. The zero-order chi connectivity index (χ0) is 17.8. The highest BCUT2D eigenvalue weighted by molar-refractivity contribution is 7.09. The van der Waals surface area contributed by atoms with Gasteiger partial charge in [-0.1, -0.05) is 13.8 Å². The number of rotatable bonds is 4. The van der Waals surface area contributed by atoms with Crippen molar-refractivity contribution < 1.29 is 4.79 Å². The Kier molecular flexibility index (Phi) is 5.29. The van der Waals surface area contributed by atoms with E-state index in [1.165, 1.54) is 0 Å². The highest BCUT2D eigenvalue weighted by atomic mass is 32.1. The third-order valence-corrected chi connectivity index (χ3v) is 5.02. The number of hydrogen-bond donors (Lipinski definition) is 0. The molecule has 0 radical (unpaired) electrons. The van der Waals surface area contributed by atoms with Gasteiger partial charge >= 0.3 is 0 Å².